The van der Waals surface area contributed by atoms with Crippen LogP contribution in [0.15, 0.2) is 29.1 Å². The van der Waals surface area contributed by atoms with E-state index >= 15 is 0 Å². The normalized spacial score (nSPS) is 14.1. The van der Waals surface area contributed by atoms with Crippen molar-refractivity contribution in [1.29, 1.82) is 0 Å². The third-order valence-corrected chi connectivity index (χ3v) is 5.68. The highest BCUT2D eigenvalue weighted by molar-refractivity contribution is 7.22. The van der Waals surface area contributed by atoms with Gasteiger partial charge in [-0.15, -0.1) is 0 Å². The number of hydrogen-bond acceptors (Lipinski definition) is 6. The Labute approximate surface area is 158 Å². The second kappa shape index (κ2) is 7.07. The molecule has 2 aromatic heterocycles. The number of benzene rings is 1. The van der Waals surface area contributed by atoms with Crippen molar-refractivity contribution in [2.24, 2.45) is 0 Å². The average molecular weight is 387 g/mol. The third kappa shape index (κ3) is 3.30. The predicted octanol–water partition coefficient (Wildman–Crippen LogP) is 2.01. The van der Waals surface area contributed by atoms with Gasteiger partial charge in [0, 0.05) is 25.7 Å². The van der Waals surface area contributed by atoms with Crippen LogP contribution in [0.3, 0.4) is 0 Å². The number of nitrogens with zero attached hydrogens (tertiary/aromatic N) is 4. The number of thiazole rings is 1. The lowest BCUT2D eigenvalue weighted by Gasteiger charge is -2.11. The van der Waals surface area contributed by atoms with E-state index in [1.165, 1.54) is 30.5 Å². The van der Waals surface area contributed by atoms with Gasteiger partial charge >= 0.3 is 0 Å². The maximum Gasteiger partial charge on any atom is 0.294 e. The zero-order valence-electron chi connectivity index (χ0n) is 14.7. The fraction of sp³-hybridized carbons (Fsp3) is 0.333. The number of carbonyl (C=O) groups is 1. The first-order chi connectivity index (χ1) is 13.1. The molecule has 0 saturated carbocycles. The molecule has 27 heavy (non-hydrogen) atoms. The van der Waals surface area contributed by atoms with Gasteiger partial charge in [0.15, 0.2) is 10.6 Å². The van der Waals surface area contributed by atoms with Gasteiger partial charge in [0.2, 0.25) is 5.91 Å². The number of hydrogen-bond donors (Lipinski definition) is 1. The van der Waals surface area contributed by atoms with Gasteiger partial charge in [-0.05, 0) is 37.1 Å². The highest BCUT2D eigenvalue weighted by Gasteiger charge is 2.22. The lowest BCUT2D eigenvalue weighted by Crippen LogP contribution is -2.32. The molecule has 0 spiro atoms. The van der Waals surface area contributed by atoms with E-state index in [9.17, 15) is 14.0 Å². The molecule has 0 bridgehead atoms. The molecular weight excluding hydrogens is 369 g/mol. The van der Waals surface area contributed by atoms with E-state index in [0.29, 0.717) is 21.5 Å². The summed E-state index contributed by atoms with van der Waals surface area (Å²) < 4.78 is 15.1. The molecule has 140 valence electrons. The van der Waals surface area contributed by atoms with Crippen molar-refractivity contribution >= 4 is 32.6 Å². The molecule has 1 fully saturated rings. The molecule has 4 rings (SSSR count). The molecule has 1 aliphatic heterocycles. The quantitative estimate of drug-likeness (QED) is 0.741. The van der Waals surface area contributed by atoms with Crippen molar-refractivity contribution < 1.29 is 9.18 Å². The smallest absolute Gasteiger partial charge is 0.294 e. The topological polar surface area (TPSA) is 80.1 Å². The fourth-order valence-corrected chi connectivity index (χ4v) is 4.23. The molecule has 1 saturated heterocycles. The van der Waals surface area contributed by atoms with Crippen LogP contribution in [0.1, 0.15) is 12.8 Å². The number of anilines is 1. The minimum Gasteiger partial charge on any atom is -0.358 e. The van der Waals surface area contributed by atoms with Crippen molar-refractivity contribution in [2.75, 3.05) is 25.0 Å². The number of nitrogens with one attached hydrogen (secondary N) is 1. The SMILES string of the molecule is CNC(=O)Cn1nc(-c2ccc(F)cc2)c2sc(N3CCCC3)nc2c1=O. The van der Waals surface area contributed by atoms with Gasteiger partial charge < -0.3 is 10.2 Å². The van der Waals surface area contributed by atoms with Gasteiger partial charge in [0.1, 0.15) is 18.1 Å². The first-order valence-corrected chi connectivity index (χ1v) is 9.51. The van der Waals surface area contributed by atoms with E-state index in [1.807, 2.05) is 0 Å². The molecule has 1 aliphatic rings. The zero-order chi connectivity index (χ0) is 19.0. The first-order valence-electron chi connectivity index (χ1n) is 8.70. The fourth-order valence-electron chi connectivity index (χ4n) is 3.11. The summed E-state index contributed by atoms with van der Waals surface area (Å²) in [7, 11) is 1.50. The number of aromatic nitrogens is 3. The summed E-state index contributed by atoms with van der Waals surface area (Å²) in [6.07, 6.45) is 2.19. The van der Waals surface area contributed by atoms with Crippen LogP contribution in [-0.4, -0.2) is 40.8 Å². The maximum atomic E-state index is 13.3. The van der Waals surface area contributed by atoms with Crippen LogP contribution < -0.4 is 15.8 Å². The Kier molecular flexibility index (Phi) is 4.61. The summed E-state index contributed by atoms with van der Waals surface area (Å²) in [5.41, 5.74) is 1.08. The summed E-state index contributed by atoms with van der Waals surface area (Å²) in [5.74, 6) is -0.681. The Hall–Kier alpha value is -2.81. The van der Waals surface area contributed by atoms with Gasteiger partial charge in [-0.1, -0.05) is 11.3 Å². The summed E-state index contributed by atoms with van der Waals surface area (Å²) >= 11 is 1.41. The van der Waals surface area contributed by atoms with E-state index in [1.54, 1.807) is 12.1 Å². The largest absolute Gasteiger partial charge is 0.358 e. The predicted molar refractivity (Wildman–Crippen MR) is 103 cm³/mol. The summed E-state index contributed by atoms with van der Waals surface area (Å²) in [6, 6.07) is 5.92. The molecule has 0 aliphatic carbocycles. The van der Waals surface area contributed by atoms with Crippen LogP contribution in [0.25, 0.3) is 21.5 Å². The van der Waals surface area contributed by atoms with E-state index in [4.69, 9.17) is 0 Å². The Balaban J connectivity index is 1.92. The Morgan fingerprint density at radius 3 is 2.63 bits per heavy atom. The maximum absolute atomic E-state index is 13.3. The van der Waals surface area contributed by atoms with Crippen molar-refractivity contribution in [3.63, 3.8) is 0 Å². The van der Waals surface area contributed by atoms with Crippen LogP contribution in [0.2, 0.25) is 0 Å². The van der Waals surface area contributed by atoms with Crippen LogP contribution in [0.4, 0.5) is 9.52 Å². The number of likely N-dealkylation sites (N-methyl/N-ethyl adjacent to an activating group) is 1. The zero-order valence-corrected chi connectivity index (χ0v) is 15.6. The number of amides is 1. The van der Waals surface area contributed by atoms with Crippen molar-refractivity contribution in [2.45, 2.75) is 19.4 Å². The van der Waals surface area contributed by atoms with E-state index in [-0.39, 0.29) is 18.3 Å². The Morgan fingerprint density at radius 1 is 1.26 bits per heavy atom. The monoisotopic (exact) mass is 387 g/mol. The molecule has 0 atom stereocenters. The number of rotatable bonds is 4. The van der Waals surface area contributed by atoms with Crippen molar-refractivity contribution in [3.8, 4) is 11.3 Å². The molecule has 0 radical (unpaired) electrons. The van der Waals surface area contributed by atoms with Crippen molar-refractivity contribution in [1.82, 2.24) is 20.1 Å². The molecule has 3 heterocycles. The highest BCUT2D eigenvalue weighted by Crippen LogP contribution is 2.34. The molecule has 1 N–H and O–H groups in total. The van der Waals surface area contributed by atoms with E-state index in [0.717, 1.165) is 35.7 Å². The summed E-state index contributed by atoms with van der Waals surface area (Å²) in [5, 5.41) is 7.67. The minimum atomic E-state index is -0.402. The summed E-state index contributed by atoms with van der Waals surface area (Å²) in [4.78, 5) is 31.3. The molecule has 1 aromatic carbocycles. The van der Waals surface area contributed by atoms with Crippen LogP contribution >= 0.6 is 11.3 Å². The average Bonchev–Trinajstić information content (AvgIpc) is 3.34. The Morgan fingerprint density at radius 2 is 1.96 bits per heavy atom. The van der Waals surface area contributed by atoms with Crippen LogP contribution in [0.5, 0.6) is 0 Å². The molecule has 1 amide bonds. The molecule has 0 unspecified atom stereocenters. The number of halogens is 1. The van der Waals surface area contributed by atoms with Gasteiger partial charge in [0.05, 0.1) is 4.70 Å². The van der Waals surface area contributed by atoms with Crippen molar-refractivity contribution in [3.05, 3.63) is 40.4 Å². The minimum absolute atomic E-state index is 0.198. The van der Waals surface area contributed by atoms with E-state index < -0.39 is 5.56 Å². The molecule has 3 aromatic rings. The van der Waals surface area contributed by atoms with Gasteiger partial charge in [-0.3, -0.25) is 9.59 Å². The highest BCUT2D eigenvalue weighted by atomic mass is 32.1. The second-order valence-electron chi connectivity index (χ2n) is 6.36. The second-order valence-corrected chi connectivity index (χ2v) is 7.34. The first kappa shape index (κ1) is 17.6. The van der Waals surface area contributed by atoms with Gasteiger partial charge in [-0.25, -0.2) is 14.1 Å². The van der Waals surface area contributed by atoms with Crippen LogP contribution in [0, 0.1) is 5.82 Å². The summed E-state index contributed by atoms with van der Waals surface area (Å²) in [6.45, 7) is 1.62. The third-order valence-electron chi connectivity index (χ3n) is 4.56. The molecule has 7 nitrogen and oxygen atoms in total. The molecular formula is C18H18FN5O2S. The van der Waals surface area contributed by atoms with E-state index in [2.05, 4.69) is 20.3 Å². The van der Waals surface area contributed by atoms with Gasteiger partial charge in [-0.2, -0.15) is 5.10 Å². The lowest BCUT2D eigenvalue weighted by atomic mass is 10.1. The number of fused-ring (bicyclic) bond motifs is 1. The van der Waals surface area contributed by atoms with Crippen LogP contribution in [-0.2, 0) is 11.3 Å². The Bertz CT molecular complexity index is 1050. The molecule has 9 heteroatoms. The number of carbonyl (C=O) groups excluding carboxylic acids is 1. The van der Waals surface area contributed by atoms with Gasteiger partial charge in [0.25, 0.3) is 5.56 Å². The lowest BCUT2D eigenvalue weighted by molar-refractivity contribution is -0.121. The standard InChI is InChI=1S/C18H18FN5O2S/c1-20-13(25)10-24-17(26)15-16(27-18(21-15)23-8-2-3-9-23)14(22-24)11-4-6-12(19)7-5-11/h4-7H,2-3,8-10H2,1H3,(H,20,25).